The van der Waals surface area contributed by atoms with Crippen LogP contribution in [0.2, 0.25) is 0 Å². The fraction of sp³-hybridized carbons (Fsp3) is 0.500. The maximum absolute atomic E-state index is 12.3. The zero-order valence-electron chi connectivity index (χ0n) is 13.4. The van der Waals surface area contributed by atoms with Gasteiger partial charge in [0.15, 0.2) is 5.96 Å². The quantitative estimate of drug-likeness (QED) is 0.497. The minimum absolute atomic E-state index is 0.173. The fourth-order valence-electron chi connectivity index (χ4n) is 2.18. The number of amides is 2. The van der Waals surface area contributed by atoms with Gasteiger partial charge in [0.1, 0.15) is 0 Å². The average Bonchev–Trinajstić information content (AvgIpc) is 2.46. The van der Waals surface area contributed by atoms with E-state index in [4.69, 9.17) is 5.73 Å². The van der Waals surface area contributed by atoms with Gasteiger partial charge in [-0.3, -0.25) is 15.2 Å². The molecule has 0 fully saturated rings. The van der Waals surface area contributed by atoms with Gasteiger partial charge < -0.3 is 5.73 Å². The molecule has 1 aromatic carbocycles. The number of urea groups is 1. The molecular formula is C16H26N4O. The Morgan fingerprint density at radius 3 is 2.71 bits per heavy atom. The van der Waals surface area contributed by atoms with Crippen LogP contribution in [0.5, 0.6) is 0 Å². The van der Waals surface area contributed by atoms with E-state index in [2.05, 4.69) is 24.2 Å². The number of aryl methyl sites for hydroxylation is 2. The summed E-state index contributed by atoms with van der Waals surface area (Å²) in [6, 6.07) is 5.77. The Hall–Kier alpha value is -2.04. The Labute approximate surface area is 127 Å². The lowest BCUT2D eigenvalue weighted by molar-refractivity contribution is 0.251. The van der Waals surface area contributed by atoms with Gasteiger partial charge in [0, 0.05) is 13.6 Å². The summed E-state index contributed by atoms with van der Waals surface area (Å²) in [6.45, 7) is 6.79. The van der Waals surface area contributed by atoms with E-state index in [0.29, 0.717) is 6.54 Å². The second-order valence-corrected chi connectivity index (χ2v) is 5.05. The van der Waals surface area contributed by atoms with Crippen LogP contribution in [0.25, 0.3) is 0 Å². The average molecular weight is 290 g/mol. The molecular weight excluding hydrogens is 264 g/mol. The summed E-state index contributed by atoms with van der Waals surface area (Å²) in [4.78, 5) is 18.0. The molecule has 5 heteroatoms. The third-order valence-electron chi connectivity index (χ3n) is 3.37. The van der Waals surface area contributed by atoms with Crippen molar-refractivity contribution in [3.05, 3.63) is 29.3 Å². The van der Waals surface area contributed by atoms with Crippen molar-refractivity contribution in [1.29, 1.82) is 0 Å². The first-order valence-electron chi connectivity index (χ1n) is 7.44. The molecule has 0 aromatic heterocycles. The first-order chi connectivity index (χ1) is 10.0. The fourth-order valence-corrected chi connectivity index (χ4v) is 2.18. The molecule has 0 atom stereocenters. The van der Waals surface area contributed by atoms with E-state index in [9.17, 15) is 4.79 Å². The SMILES string of the molecule is CCCCN=C(N)NC(=O)N(C)c1c(C)cccc1CC. The third-order valence-corrected chi connectivity index (χ3v) is 3.37. The highest BCUT2D eigenvalue weighted by Gasteiger charge is 2.16. The van der Waals surface area contributed by atoms with Crippen molar-refractivity contribution in [3.8, 4) is 0 Å². The number of nitrogens with one attached hydrogen (secondary N) is 1. The predicted molar refractivity (Wildman–Crippen MR) is 88.9 cm³/mol. The predicted octanol–water partition coefficient (Wildman–Crippen LogP) is 2.82. The number of rotatable bonds is 5. The number of hydrogen-bond donors (Lipinski definition) is 2. The number of nitrogens with zero attached hydrogens (tertiary/aromatic N) is 2. The van der Waals surface area contributed by atoms with Crippen molar-refractivity contribution in [1.82, 2.24) is 5.32 Å². The molecule has 0 aliphatic rings. The maximum Gasteiger partial charge on any atom is 0.328 e. The zero-order valence-corrected chi connectivity index (χ0v) is 13.4. The lowest BCUT2D eigenvalue weighted by atomic mass is 10.1. The van der Waals surface area contributed by atoms with Gasteiger partial charge in [0.2, 0.25) is 0 Å². The van der Waals surface area contributed by atoms with Gasteiger partial charge in [-0.15, -0.1) is 0 Å². The largest absolute Gasteiger partial charge is 0.370 e. The third kappa shape index (κ3) is 4.77. The molecule has 116 valence electrons. The van der Waals surface area contributed by atoms with E-state index >= 15 is 0 Å². The number of anilines is 1. The van der Waals surface area contributed by atoms with Crippen LogP contribution < -0.4 is 16.0 Å². The molecule has 0 aliphatic carbocycles. The van der Waals surface area contributed by atoms with Crippen molar-refractivity contribution < 1.29 is 4.79 Å². The molecule has 0 saturated heterocycles. The number of unbranched alkanes of at least 4 members (excludes halogenated alkanes) is 1. The second-order valence-electron chi connectivity index (χ2n) is 5.05. The Balaban J connectivity index is 2.82. The number of para-hydroxylation sites is 1. The molecule has 0 aliphatic heterocycles. The lowest BCUT2D eigenvalue weighted by Gasteiger charge is -2.22. The topological polar surface area (TPSA) is 70.7 Å². The monoisotopic (exact) mass is 290 g/mol. The summed E-state index contributed by atoms with van der Waals surface area (Å²) in [7, 11) is 1.75. The molecule has 5 nitrogen and oxygen atoms in total. The summed E-state index contributed by atoms with van der Waals surface area (Å²) >= 11 is 0. The Morgan fingerprint density at radius 2 is 2.10 bits per heavy atom. The summed E-state index contributed by atoms with van der Waals surface area (Å²) in [5.74, 6) is 0.173. The molecule has 2 amide bonds. The van der Waals surface area contributed by atoms with Crippen LogP contribution in [0.4, 0.5) is 10.5 Å². The number of benzene rings is 1. The van der Waals surface area contributed by atoms with Crippen molar-refractivity contribution in [3.63, 3.8) is 0 Å². The number of aliphatic imine (C=N–C) groups is 1. The minimum Gasteiger partial charge on any atom is -0.370 e. The molecule has 1 rings (SSSR count). The molecule has 21 heavy (non-hydrogen) atoms. The number of nitrogens with two attached hydrogens (primary N) is 1. The normalized spacial score (nSPS) is 11.3. The first kappa shape index (κ1) is 17.0. The van der Waals surface area contributed by atoms with Crippen molar-refractivity contribution >= 4 is 17.7 Å². The lowest BCUT2D eigenvalue weighted by Crippen LogP contribution is -2.45. The smallest absolute Gasteiger partial charge is 0.328 e. The van der Waals surface area contributed by atoms with Crippen LogP contribution in [0.3, 0.4) is 0 Å². The number of hydrogen-bond acceptors (Lipinski definition) is 2. The maximum atomic E-state index is 12.3. The van der Waals surface area contributed by atoms with E-state index in [0.717, 1.165) is 36.1 Å². The zero-order chi connectivity index (χ0) is 15.8. The van der Waals surface area contributed by atoms with Crippen LogP contribution in [0.15, 0.2) is 23.2 Å². The van der Waals surface area contributed by atoms with Crippen LogP contribution in [-0.4, -0.2) is 25.6 Å². The van der Waals surface area contributed by atoms with E-state index in [1.807, 2.05) is 25.1 Å². The molecule has 0 heterocycles. The molecule has 3 N–H and O–H groups in total. The second kappa shape index (κ2) is 8.29. The molecule has 1 aromatic rings. The molecule has 0 bridgehead atoms. The highest BCUT2D eigenvalue weighted by Crippen LogP contribution is 2.24. The summed E-state index contributed by atoms with van der Waals surface area (Å²) in [5, 5.41) is 2.63. The van der Waals surface area contributed by atoms with Crippen LogP contribution in [0.1, 0.15) is 37.8 Å². The summed E-state index contributed by atoms with van der Waals surface area (Å²) < 4.78 is 0. The van der Waals surface area contributed by atoms with Gasteiger partial charge in [0.05, 0.1) is 5.69 Å². The Bertz CT molecular complexity index is 511. The van der Waals surface area contributed by atoms with Crippen molar-refractivity contribution in [2.24, 2.45) is 10.7 Å². The highest BCUT2D eigenvalue weighted by molar-refractivity contribution is 6.03. The van der Waals surface area contributed by atoms with Gasteiger partial charge in [-0.25, -0.2) is 4.79 Å². The summed E-state index contributed by atoms with van der Waals surface area (Å²) in [5.41, 5.74) is 8.86. The van der Waals surface area contributed by atoms with Gasteiger partial charge in [-0.05, 0) is 30.9 Å². The van der Waals surface area contributed by atoms with Crippen LogP contribution in [-0.2, 0) is 6.42 Å². The standard InChI is InChI=1S/C16H26N4O/c1-5-7-11-18-15(17)19-16(21)20(4)14-12(3)9-8-10-13(14)6-2/h8-10H,5-7,11H2,1-4H3,(H3,17,18,19,21). The van der Waals surface area contributed by atoms with Crippen LogP contribution in [0, 0.1) is 6.92 Å². The van der Waals surface area contributed by atoms with E-state index < -0.39 is 0 Å². The number of guanidine groups is 1. The molecule has 0 spiro atoms. The first-order valence-corrected chi connectivity index (χ1v) is 7.44. The highest BCUT2D eigenvalue weighted by atomic mass is 16.2. The van der Waals surface area contributed by atoms with Gasteiger partial charge in [-0.2, -0.15) is 0 Å². The molecule has 0 radical (unpaired) electrons. The molecule has 0 saturated carbocycles. The van der Waals surface area contributed by atoms with E-state index in [1.54, 1.807) is 11.9 Å². The van der Waals surface area contributed by atoms with Crippen LogP contribution >= 0.6 is 0 Å². The summed E-state index contributed by atoms with van der Waals surface area (Å²) in [6.07, 6.45) is 2.88. The van der Waals surface area contributed by atoms with Gasteiger partial charge in [0.25, 0.3) is 0 Å². The Kier molecular flexibility index (Phi) is 6.72. The Morgan fingerprint density at radius 1 is 1.38 bits per heavy atom. The number of carbonyl (C=O) groups excluding carboxylic acids is 1. The van der Waals surface area contributed by atoms with Crippen molar-refractivity contribution in [2.75, 3.05) is 18.5 Å². The van der Waals surface area contributed by atoms with Gasteiger partial charge >= 0.3 is 6.03 Å². The van der Waals surface area contributed by atoms with E-state index in [-0.39, 0.29) is 12.0 Å². The minimum atomic E-state index is -0.267. The van der Waals surface area contributed by atoms with Gasteiger partial charge in [-0.1, -0.05) is 38.5 Å². The number of carbonyl (C=O) groups is 1. The van der Waals surface area contributed by atoms with Crippen molar-refractivity contribution in [2.45, 2.75) is 40.0 Å². The van der Waals surface area contributed by atoms with E-state index in [1.165, 1.54) is 0 Å². The molecule has 0 unspecified atom stereocenters.